The molecule has 0 saturated heterocycles. The van der Waals surface area contributed by atoms with Gasteiger partial charge in [0.1, 0.15) is 0 Å². The molecule has 0 aliphatic carbocycles. The van der Waals surface area contributed by atoms with Crippen molar-refractivity contribution in [3.63, 3.8) is 0 Å². The van der Waals surface area contributed by atoms with Gasteiger partial charge in [0.2, 0.25) is 0 Å². The van der Waals surface area contributed by atoms with Crippen molar-refractivity contribution in [1.29, 1.82) is 0 Å². The zero-order valence-corrected chi connectivity index (χ0v) is 15.4. The van der Waals surface area contributed by atoms with E-state index in [9.17, 15) is 0 Å². The van der Waals surface area contributed by atoms with Crippen LogP contribution in [-0.4, -0.2) is 0 Å². The van der Waals surface area contributed by atoms with E-state index in [4.69, 9.17) is 11.5 Å². The second kappa shape index (κ2) is 7.61. The summed E-state index contributed by atoms with van der Waals surface area (Å²) in [7, 11) is 0. The average molecular weight is 305 g/mol. The van der Waals surface area contributed by atoms with Gasteiger partial charge in [0, 0.05) is 11.1 Å². The molecule has 0 aliphatic heterocycles. The summed E-state index contributed by atoms with van der Waals surface area (Å²) in [6, 6.07) is 8.52. The molecule has 126 valence electrons. The fourth-order valence-electron chi connectivity index (χ4n) is 3.42. The van der Waals surface area contributed by atoms with E-state index in [1.165, 1.54) is 11.1 Å². The van der Waals surface area contributed by atoms with Crippen LogP contribution in [0.1, 0.15) is 78.4 Å². The maximum Gasteiger partial charge on any atom is 0.0410 e. The summed E-state index contributed by atoms with van der Waals surface area (Å²) in [5, 5.41) is 0. The topological polar surface area (TPSA) is 52.0 Å². The van der Waals surface area contributed by atoms with Crippen molar-refractivity contribution in [1.82, 2.24) is 0 Å². The molecule has 0 aliphatic rings. The van der Waals surface area contributed by atoms with E-state index < -0.39 is 0 Å². The van der Waals surface area contributed by atoms with Crippen LogP contribution in [0.25, 0.3) is 0 Å². The Morgan fingerprint density at radius 1 is 0.818 bits per heavy atom. The second-order valence-electron chi connectivity index (χ2n) is 7.49. The number of nitrogens with two attached hydrogens (primary N) is 2. The van der Waals surface area contributed by atoms with Crippen LogP contribution in [0.4, 0.5) is 0 Å². The Kier molecular flexibility index (Phi) is 6.64. The average Bonchev–Trinajstić information content (AvgIpc) is 2.47. The van der Waals surface area contributed by atoms with E-state index in [-0.39, 0.29) is 11.1 Å². The molecule has 4 unspecified atom stereocenters. The van der Waals surface area contributed by atoms with Crippen molar-refractivity contribution in [3.05, 3.63) is 35.4 Å². The lowest BCUT2D eigenvalue weighted by molar-refractivity contribution is 0.272. The monoisotopic (exact) mass is 304 g/mol. The third-order valence-electron chi connectivity index (χ3n) is 5.58. The molecule has 2 heteroatoms. The first-order valence-electron chi connectivity index (χ1n) is 8.87. The van der Waals surface area contributed by atoms with Crippen LogP contribution in [0, 0.1) is 11.8 Å². The molecule has 22 heavy (non-hydrogen) atoms. The molecule has 1 aromatic carbocycles. The van der Waals surface area contributed by atoms with E-state index in [2.05, 4.69) is 65.8 Å². The first-order chi connectivity index (χ1) is 10.2. The summed E-state index contributed by atoms with van der Waals surface area (Å²) < 4.78 is 0. The zero-order valence-electron chi connectivity index (χ0n) is 15.4. The van der Waals surface area contributed by atoms with Crippen molar-refractivity contribution < 1.29 is 0 Å². The van der Waals surface area contributed by atoms with Crippen LogP contribution >= 0.6 is 0 Å². The number of hydrogen-bond acceptors (Lipinski definition) is 2. The standard InChI is InChI=1S/C20H36N2/c1-7-11-15(3)19(5,21)17-13-9-10-14-18(17)20(6,22)16(4)12-8-2/h9-10,13-16H,7-8,11-12,21-22H2,1-6H3. The van der Waals surface area contributed by atoms with Crippen molar-refractivity contribution in [2.45, 2.75) is 78.3 Å². The summed E-state index contributed by atoms with van der Waals surface area (Å²) in [5.41, 5.74) is 15.3. The predicted molar refractivity (Wildman–Crippen MR) is 97.7 cm³/mol. The van der Waals surface area contributed by atoms with Crippen molar-refractivity contribution in [2.75, 3.05) is 0 Å². The summed E-state index contributed by atoms with van der Waals surface area (Å²) in [4.78, 5) is 0. The molecule has 0 saturated carbocycles. The minimum Gasteiger partial charge on any atom is -0.321 e. The Hall–Kier alpha value is -0.860. The minimum absolute atomic E-state index is 0.348. The summed E-state index contributed by atoms with van der Waals surface area (Å²) in [6.07, 6.45) is 4.57. The normalized spacial score (nSPS) is 20.0. The van der Waals surface area contributed by atoms with Gasteiger partial charge < -0.3 is 11.5 Å². The minimum atomic E-state index is -0.348. The molecule has 0 radical (unpaired) electrons. The van der Waals surface area contributed by atoms with Crippen LogP contribution in [0.3, 0.4) is 0 Å². The number of rotatable bonds is 8. The van der Waals surface area contributed by atoms with Crippen LogP contribution in [0.5, 0.6) is 0 Å². The Labute approximate surface area is 137 Å². The predicted octanol–water partition coefficient (Wildman–Crippen LogP) is 4.91. The molecule has 4 atom stereocenters. The molecule has 1 aromatic rings. The highest BCUT2D eigenvalue weighted by molar-refractivity contribution is 5.38. The maximum atomic E-state index is 6.78. The molecule has 0 aromatic heterocycles. The van der Waals surface area contributed by atoms with Gasteiger partial charge >= 0.3 is 0 Å². The summed E-state index contributed by atoms with van der Waals surface area (Å²) in [6.45, 7) is 13.3. The quantitative estimate of drug-likeness (QED) is 0.717. The van der Waals surface area contributed by atoms with Crippen molar-refractivity contribution in [2.24, 2.45) is 23.3 Å². The lowest BCUT2D eigenvalue weighted by Crippen LogP contribution is -2.46. The van der Waals surface area contributed by atoms with E-state index in [1.54, 1.807) is 0 Å². The molecule has 0 fully saturated rings. The van der Waals surface area contributed by atoms with Crippen molar-refractivity contribution >= 4 is 0 Å². The lowest BCUT2D eigenvalue weighted by Gasteiger charge is -2.40. The summed E-state index contributed by atoms with van der Waals surface area (Å²) >= 11 is 0. The van der Waals surface area contributed by atoms with Gasteiger partial charge in [-0.1, -0.05) is 64.8 Å². The zero-order chi connectivity index (χ0) is 17.0. The Morgan fingerprint density at radius 2 is 1.14 bits per heavy atom. The third-order valence-corrected chi connectivity index (χ3v) is 5.58. The molecular weight excluding hydrogens is 268 g/mol. The van der Waals surface area contributed by atoms with Gasteiger partial charge in [0.05, 0.1) is 0 Å². The molecule has 0 bridgehead atoms. The molecule has 4 N–H and O–H groups in total. The SMILES string of the molecule is CCCC(C)C(C)(N)c1ccccc1C(C)(N)C(C)CCC. The molecule has 2 nitrogen and oxygen atoms in total. The Balaban J connectivity index is 3.29. The fraction of sp³-hybridized carbons (Fsp3) is 0.700. The molecule has 0 amide bonds. The molecular formula is C20H36N2. The van der Waals surface area contributed by atoms with E-state index in [0.29, 0.717) is 11.8 Å². The van der Waals surface area contributed by atoms with Crippen LogP contribution in [-0.2, 0) is 11.1 Å². The number of benzene rings is 1. The number of hydrogen-bond donors (Lipinski definition) is 2. The Bertz CT molecular complexity index is 420. The largest absolute Gasteiger partial charge is 0.321 e. The summed E-state index contributed by atoms with van der Waals surface area (Å²) in [5.74, 6) is 0.854. The van der Waals surface area contributed by atoms with Crippen molar-refractivity contribution in [3.8, 4) is 0 Å². The third kappa shape index (κ3) is 3.91. The Morgan fingerprint density at radius 3 is 1.41 bits per heavy atom. The highest BCUT2D eigenvalue weighted by Gasteiger charge is 2.36. The van der Waals surface area contributed by atoms with Gasteiger partial charge in [-0.2, -0.15) is 0 Å². The van der Waals surface area contributed by atoms with Crippen LogP contribution < -0.4 is 11.5 Å². The smallest absolute Gasteiger partial charge is 0.0410 e. The van der Waals surface area contributed by atoms with Crippen LogP contribution in [0.2, 0.25) is 0 Å². The van der Waals surface area contributed by atoms with E-state index >= 15 is 0 Å². The molecule has 1 rings (SSSR count). The fourth-order valence-corrected chi connectivity index (χ4v) is 3.42. The highest BCUT2D eigenvalue weighted by atomic mass is 14.8. The lowest BCUT2D eigenvalue weighted by atomic mass is 9.70. The highest BCUT2D eigenvalue weighted by Crippen LogP contribution is 2.38. The van der Waals surface area contributed by atoms with Gasteiger partial charge in [-0.15, -0.1) is 0 Å². The first kappa shape index (κ1) is 19.2. The maximum absolute atomic E-state index is 6.78. The van der Waals surface area contributed by atoms with Gasteiger partial charge in [-0.05, 0) is 49.7 Å². The van der Waals surface area contributed by atoms with Gasteiger partial charge in [0.15, 0.2) is 0 Å². The molecule has 0 heterocycles. The van der Waals surface area contributed by atoms with Gasteiger partial charge in [0.25, 0.3) is 0 Å². The van der Waals surface area contributed by atoms with Gasteiger partial charge in [-0.25, -0.2) is 0 Å². The second-order valence-corrected chi connectivity index (χ2v) is 7.49. The first-order valence-corrected chi connectivity index (χ1v) is 8.87. The molecule has 0 spiro atoms. The van der Waals surface area contributed by atoms with Gasteiger partial charge in [-0.3, -0.25) is 0 Å². The van der Waals surface area contributed by atoms with Crippen LogP contribution in [0.15, 0.2) is 24.3 Å². The van der Waals surface area contributed by atoms with E-state index in [1.807, 2.05) is 0 Å². The van der Waals surface area contributed by atoms with E-state index in [0.717, 1.165) is 25.7 Å².